The van der Waals surface area contributed by atoms with Gasteiger partial charge in [0.05, 0.1) is 23.5 Å². The lowest BCUT2D eigenvalue weighted by molar-refractivity contribution is 0.512. The Bertz CT molecular complexity index is 443. The molecule has 0 spiro atoms. The van der Waals surface area contributed by atoms with Crippen LogP contribution in [0.3, 0.4) is 0 Å². The van der Waals surface area contributed by atoms with Crippen LogP contribution >= 0.6 is 23.2 Å². The van der Waals surface area contributed by atoms with Crippen LogP contribution in [0.15, 0.2) is 35.2 Å². The van der Waals surface area contributed by atoms with Gasteiger partial charge in [-0.2, -0.15) is 0 Å². The number of nitrogens with zero attached hydrogens (tertiary/aromatic N) is 1. The minimum absolute atomic E-state index is 0.543. The van der Waals surface area contributed by atoms with Gasteiger partial charge < -0.3 is 9.73 Å². The zero-order valence-electron chi connectivity index (χ0n) is 7.71. The highest BCUT2D eigenvalue weighted by atomic mass is 35.5. The summed E-state index contributed by atoms with van der Waals surface area (Å²) in [5.41, 5.74) is 0.817. The number of anilines is 1. The van der Waals surface area contributed by atoms with E-state index in [0.29, 0.717) is 16.6 Å². The molecule has 0 radical (unpaired) electrons. The average molecular weight is 243 g/mol. The van der Waals surface area contributed by atoms with Gasteiger partial charge in [0.2, 0.25) is 0 Å². The van der Waals surface area contributed by atoms with E-state index in [9.17, 15) is 0 Å². The number of halogens is 2. The summed E-state index contributed by atoms with van der Waals surface area (Å²) < 4.78 is 5.08. The molecule has 2 aromatic rings. The first-order valence-corrected chi connectivity index (χ1v) is 5.07. The Labute approximate surface area is 97.0 Å². The van der Waals surface area contributed by atoms with Gasteiger partial charge in [-0.25, -0.2) is 4.98 Å². The molecule has 0 fully saturated rings. The smallest absolute Gasteiger partial charge is 0.180 e. The standard InChI is InChI=1S/C10H8Cl2N2O/c11-7-1-2-10(9(12)3-7)14-5-8-4-13-6-15-8/h1-4,6,14H,5H2. The lowest BCUT2D eigenvalue weighted by atomic mass is 10.3. The van der Waals surface area contributed by atoms with Crippen molar-refractivity contribution in [1.82, 2.24) is 4.98 Å². The number of benzene rings is 1. The Balaban J connectivity index is 2.05. The van der Waals surface area contributed by atoms with Crippen molar-refractivity contribution in [1.29, 1.82) is 0 Å². The second kappa shape index (κ2) is 4.55. The summed E-state index contributed by atoms with van der Waals surface area (Å²) in [5, 5.41) is 4.32. The highest BCUT2D eigenvalue weighted by Gasteiger charge is 2.01. The van der Waals surface area contributed by atoms with Gasteiger partial charge in [0, 0.05) is 5.02 Å². The maximum Gasteiger partial charge on any atom is 0.180 e. The zero-order valence-corrected chi connectivity index (χ0v) is 9.22. The van der Waals surface area contributed by atoms with E-state index in [1.54, 1.807) is 18.3 Å². The van der Waals surface area contributed by atoms with Crippen LogP contribution in [-0.2, 0) is 6.54 Å². The molecule has 1 heterocycles. The van der Waals surface area contributed by atoms with Crippen molar-refractivity contribution in [3.8, 4) is 0 Å². The monoisotopic (exact) mass is 242 g/mol. The van der Waals surface area contributed by atoms with Gasteiger partial charge in [0.1, 0.15) is 5.76 Å². The average Bonchev–Trinajstić information content (AvgIpc) is 2.69. The maximum absolute atomic E-state index is 5.98. The van der Waals surface area contributed by atoms with Crippen molar-refractivity contribution in [2.24, 2.45) is 0 Å². The molecule has 0 aliphatic rings. The Hall–Kier alpha value is -1.19. The minimum Gasteiger partial charge on any atom is -0.447 e. The molecule has 0 aliphatic carbocycles. The van der Waals surface area contributed by atoms with E-state index >= 15 is 0 Å². The number of oxazole rings is 1. The largest absolute Gasteiger partial charge is 0.447 e. The van der Waals surface area contributed by atoms with Gasteiger partial charge in [-0.3, -0.25) is 0 Å². The van der Waals surface area contributed by atoms with E-state index in [4.69, 9.17) is 27.6 Å². The number of rotatable bonds is 3. The summed E-state index contributed by atoms with van der Waals surface area (Å²) in [6.45, 7) is 0.543. The van der Waals surface area contributed by atoms with Crippen LogP contribution < -0.4 is 5.32 Å². The highest BCUT2D eigenvalue weighted by molar-refractivity contribution is 6.36. The van der Waals surface area contributed by atoms with E-state index in [1.807, 2.05) is 6.07 Å². The van der Waals surface area contributed by atoms with E-state index in [2.05, 4.69) is 10.3 Å². The van der Waals surface area contributed by atoms with Crippen molar-refractivity contribution in [3.05, 3.63) is 46.6 Å². The first-order valence-electron chi connectivity index (χ1n) is 4.32. The third-order valence-electron chi connectivity index (χ3n) is 1.87. The van der Waals surface area contributed by atoms with Crippen LogP contribution in [0.25, 0.3) is 0 Å². The first-order chi connectivity index (χ1) is 7.25. The van der Waals surface area contributed by atoms with E-state index in [-0.39, 0.29) is 0 Å². The topological polar surface area (TPSA) is 38.1 Å². The highest BCUT2D eigenvalue weighted by Crippen LogP contribution is 2.25. The molecular formula is C10H8Cl2N2O. The molecule has 78 valence electrons. The predicted molar refractivity (Wildman–Crippen MR) is 60.3 cm³/mol. The second-order valence-corrected chi connectivity index (χ2v) is 3.79. The summed E-state index contributed by atoms with van der Waals surface area (Å²) >= 11 is 11.8. The van der Waals surface area contributed by atoms with Crippen molar-refractivity contribution in [2.75, 3.05) is 5.32 Å². The molecule has 2 rings (SSSR count). The predicted octanol–water partition coefficient (Wildman–Crippen LogP) is 3.59. The molecule has 0 atom stereocenters. The van der Waals surface area contributed by atoms with Gasteiger partial charge in [0.25, 0.3) is 0 Å². The van der Waals surface area contributed by atoms with Crippen LogP contribution in [0.2, 0.25) is 10.0 Å². The molecule has 15 heavy (non-hydrogen) atoms. The third-order valence-corrected chi connectivity index (χ3v) is 2.42. The SMILES string of the molecule is Clc1ccc(NCc2cnco2)c(Cl)c1. The molecule has 0 aliphatic heterocycles. The van der Waals surface area contributed by atoms with Gasteiger partial charge in [-0.15, -0.1) is 0 Å². The quantitative estimate of drug-likeness (QED) is 0.894. The zero-order chi connectivity index (χ0) is 10.7. The minimum atomic E-state index is 0.543. The van der Waals surface area contributed by atoms with Crippen molar-refractivity contribution in [3.63, 3.8) is 0 Å². The second-order valence-electron chi connectivity index (χ2n) is 2.95. The van der Waals surface area contributed by atoms with Gasteiger partial charge in [-0.1, -0.05) is 23.2 Å². The van der Waals surface area contributed by atoms with E-state index < -0.39 is 0 Å². The van der Waals surface area contributed by atoms with Crippen LogP contribution in [-0.4, -0.2) is 4.98 Å². The Morgan fingerprint density at radius 2 is 2.20 bits per heavy atom. The summed E-state index contributed by atoms with van der Waals surface area (Å²) in [6.07, 6.45) is 3.04. The summed E-state index contributed by atoms with van der Waals surface area (Å²) in [7, 11) is 0. The molecule has 0 bridgehead atoms. The summed E-state index contributed by atoms with van der Waals surface area (Å²) in [5.74, 6) is 0.751. The Kier molecular flexibility index (Phi) is 3.14. The first kappa shape index (κ1) is 10.3. The van der Waals surface area contributed by atoms with Gasteiger partial charge in [0.15, 0.2) is 6.39 Å². The van der Waals surface area contributed by atoms with Crippen molar-refractivity contribution >= 4 is 28.9 Å². The molecular weight excluding hydrogens is 235 g/mol. The molecule has 0 saturated heterocycles. The molecule has 0 saturated carbocycles. The number of nitrogens with one attached hydrogen (secondary N) is 1. The molecule has 3 nitrogen and oxygen atoms in total. The number of hydrogen-bond donors (Lipinski definition) is 1. The third kappa shape index (κ3) is 2.64. The normalized spacial score (nSPS) is 10.3. The summed E-state index contributed by atoms with van der Waals surface area (Å²) in [6, 6.07) is 5.28. The van der Waals surface area contributed by atoms with Crippen LogP contribution in [0.1, 0.15) is 5.76 Å². The fourth-order valence-electron chi connectivity index (χ4n) is 1.14. The van der Waals surface area contributed by atoms with E-state index in [0.717, 1.165) is 11.4 Å². The Morgan fingerprint density at radius 1 is 1.33 bits per heavy atom. The van der Waals surface area contributed by atoms with Crippen molar-refractivity contribution < 1.29 is 4.42 Å². The lowest BCUT2D eigenvalue weighted by Gasteiger charge is -2.06. The van der Waals surface area contributed by atoms with Gasteiger partial charge in [-0.05, 0) is 18.2 Å². The fourth-order valence-corrected chi connectivity index (χ4v) is 1.62. The molecule has 5 heteroatoms. The Morgan fingerprint density at radius 3 is 2.87 bits per heavy atom. The molecule has 1 aromatic carbocycles. The molecule has 0 unspecified atom stereocenters. The summed E-state index contributed by atoms with van der Waals surface area (Å²) in [4.78, 5) is 3.81. The van der Waals surface area contributed by atoms with Gasteiger partial charge >= 0.3 is 0 Å². The molecule has 1 aromatic heterocycles. The van der Waals surface area contributed by atoms with E-state index in [1.165, 1.54) is 6.39 Å². The fraction of sp³-hybridized carbons (Fsp3) is 0.100. The maximum atomic E-state index is 5.98. The number of aromatic nitrogens is 1. The molecule has 0 amide bonds. The number of hydrogen-bond acceptors (Lipinski definition) is 3. The molecule has 1 N–H and O–H groups in total. The van der Waals surface area contributed by atoms with Crippen LogP contribution in [0.5, 0.6) is 0 Å². The van der Waals surface area contributed by atoms with Crippen LogP contribution in [0.4, 0.5) is 5.69 Å². The lowest BCUT2D eigenvalue weighted by Crippen LogP contribution is -1.98. The van der Waals surface area contributed by atoms with Crippen molar-refractivity contribution in [2.45, 2.75) is 6.54 Å². The van der Waals surface area contributed by atoms with Crippen LogP contribution in [0, 0.1) is 0 Å².